The van der Waals surface area contributed by atoms with Crippen molar-refractivity contribution in [1.82, 2.24) is 15.0 Å². The van der Waals surface area contributed by atoms with Gasteiger partial charge in [-0.2, -0.15) is 0 Å². The maximum Gasteiger partial charge on any atom is 0.171 e. The molecule has 1 aromatic heterocycles. The fraction of sp³-hybridized carbons (Fsp3) is 0. The summed E-state index contributed by atoms with van der Waals surface area (Å²) in [6.07, 6.45) is 1.59. The van der Waals surface area contributed by atoms with Crippen molar-refractivity contribution >= 4 is 6.29 Å². The second-order valence-electron chi connectivity index (χ2n) is 2.78. The number of halogens is 2. The third-order valence-electron chi connectivity index (χ3n) is 1.80. The number of carbonyl (C=O) groups excluding carboxylic acids is 1. The first-order valence-electron chi connectivity index (χ1n) is 4.04. The predicted octanol–water partition coefficient (Wildman–Crippen LogP) is 1.36. The summed E-state index contributed by atoms with van der Waals surface area (Å²) >= 11 is 0. The van der Waals surface area contributed by atoms with Crippen LogP contribution in [0.15, 0.2) is 24.4 Å². The summed E-state index contributed by atoms with van der Waals surface area (Å²) in [7, 11) is 0. The molecule has 0 aliphatic rings. The lowest BCUT2D eigenvalue weighted by atomic mass is 10.3. The first kappa shape index (κ1) is 9.45. The van der Waals surface area contributed by atoms with Gasteiger partial charge in [-0.05, 0) is 12.1 Å². The first-order valence-corrected chi connectivity index (χ1v) is 4.04. The van der Waals surface area contributed by atoms with Crippen LogP contribution in [0.2, 0.25) is 0 Å². The lowest BCUT2D eigenvalue weighted by Gasteiger charge is -2.02. The normalized spacial score (nSPS) is 10.3. The molecule has 0 saturated heterocycles. The molecule has 0 unspecified atom stereocenters. The van der Waals surface area contributed by atoms with E-state index in [9.17, 15) is 13.6 Å². The Morgan fingerprint density at radius 2 is 1.93 bits per heavy atom. The second kappa shape index (κ2) is 3.56. The second-order valence-corrected chi connectivity index (χ2v) is 2.78. The summed E-state index contributed by atoms with van der Waals surface area (Å²) in [6, 6.07) is 3.44. The Morgan fingerprint density at radius 3 is 2.47 bits per heavy atom. The van der Waals surface area contributed by atoms with Gasteiger partial charge in [0.25, 0.3) is 0 Å². The van der Waals surface area contributed by atoms with Gasteiger partial charge in [0.15, 0.2) is 17.9 Å². The van der Waals surface area contributed by atoms with Crippen molar-refractivity contribution < 1.29 is 13.6 Å². The smallest absolute Gasteiger partial charge is 0.171 e. The Morgan fingerprint density at radius 1 is 1.27 bits per heavy atom. The van der Waals surface area contributed by atoms with Gasteiger partial charge in [-0.3, -0.25) is 4.79 Å². The van der Waals surface area contributed by atoms with E-state index in [1.54, 1.807) is 0 Å². The molecule has 0 saturated carbocycles. The zero-order valence-corrected chi connectivity index (χ0v) is 7.39. The van der Waals surface area contributed by atoms with Gasteiger partial charge >= 0.3 is 0 Å². The quantitative estimate of drug-likeness (QED) is 0.701. The molecular weight excluding hydrogens is 204 g/mol. The third-order valence-corrected chi connectivity index (χ3v) is 1.80. The molecule has 76 valence electrons. The van der Waals surface area contributed by atoms with Crippen molar-refractivity contribution in [2.75, 3.05) is 0 Å². The molecule has 0 aliphatic heterocycles. The minimum Gasteiger partial charge on any atom is -0.296 e. The number of para-hydroxylation sites is 1. The molecule has 0 N–H and O–H groups in total. The topological polar surface area (TPSA) is 47.8 Å². The van der Waals surface area contributed by atoms with Gasteiger partial charge in [0.2, 0.25) is 0 Å². The van der Waals surface area contributed by atoms with Crippen molar-refractivity contribution in [3.63, 3.8) is 0 Å². The van der Waals surface area contributed by atoms with Crippen molar-refractivity contribution in [2.24, 2.45) is 0 Å². The Kier molecular flexibility index (Phi) is 2.24. The minimum absolute atomic E-state index is 0.0117. The molecule has 2 aromatic rings. The van der Waals surface area contributed by atoms with Crippen LogP contribution in [0, 0.1) is 11.6 Å². The third kappa shape index (κ3) is 1.61. The highest BCUT2D eigenvalue weighted by molar-refractivity contribution is 5.70. The molecule has 0 aliphatic carbocycles. The Labute approximate surface area is 83.1 Å². The summed E-state index contributed by atoms with van der Waals surface area (Å²) < 4.78 is 27.3. The standard InChI is InChI=1S/C9H5F2N3O/c10-7-2-1-3-8(11)9(7)14-4-6(5-15)12-13-14/h1-5H. The van der Waals surface area contributed by atoms with Crippen LogP contribution < -0.4 is 0 Å². The highest BCUT2D eigenvalue weighted by Gasteiger charge is 2.12. The molecule has 0 atom stereocenters. The molecule has 2 rings (SSSR count). The van der Waals surface area contributed by atoms with Gasteiger partial charge in [-0.15, -0.1) is 5.10 Å². The number of hydrogen-bond acceptors (Lipinski definition) is 3. The lowest BCUT2D eigenvalue weighted by molar-refractivity contribution is 0.111. The molecular formula is C9H5F2N3O. The monoisotopic (exact) mass is 209 g/mol. The van der Waals surface area contributed by atoms with Gasteiger partial charge in [0.05, 0.1) is 6.20 Å². The molecule has 0 bridgehead atoms. The average Bonchev–Trinajstić information content (AvgIpc) is 2.66. The SMILES string of the molecule is O=Cc1cn(-c2c(F)cccc2F)nn1. The Bertz CT molecular complexity index is 490. The molecule has 0 spiro atoms. The van der Waals surface area contributed by atoms with Crippen molar-refractivity contribution in [1.29, 1.82) is 0 Å². The number of nitrogens with zero attached hydrogens (tertiary/aromatic N) is 3. The summed E-state index contributed by atoms with van der Waals surface area (Å²) in [5.41, 5.74) is -0.337. The van der Waals surface area contributed by atoms with Gasteiger partial charge in [0.1, 0.15) is 11.4 Å². The van der Waals surface area contributed by atoms with Crippen molar-refractivity contribution in [2.45, 2.75) is 0 Å². The fourth-order valence-corrected chi connectivity index (χ4v) is 1.15. The van der Waals surface area contributed by atoms with E-state index in [2.05, 4.69) is 10.3 Å². The van der Waals surface area contributed by atoms with Crippen LogP contribution in [0.5, 0.6) is 0 Å². The zero-order valence-electron chi connectivity index (χ0n) is 7.39. The number of benzene rings is 1. The van der Waals surface area contributed by atoms with Gasteiger partial charge in [0, 0.05) is 0 Å². The van der Waals surface area contributed by atoms with Crippen molar-refractivity contribution in [3.05, 3.63) is 41.7 Å². The maximum absolute atomic E-state index is 13.2. The predicted molar refractivity (Wildman–Crippen MR) is 46.7 cm³/mol. The van der Waals surface area contributed by atoms with E-state index in [4.69, 9.17) is 0 Å². The highest BCUT2D eigenvalue weighted by Crippen LogP contribution is 2.15. The van der Waals surface area contributed by atoms with Crippen molar-refractivity contribution in [3.8, 4) is 5.69 Å². The van der Waals surface area contributed by atoms with E-state index in [1.165, 1.54) is 6.07 Å². The zero-order chi connectivity index (χ0) is 10.8. The van der Waals surface area contributed by atoms with E-state index in [-0.39, 0.29) is 11.4 Å². The van der Waals surface area contributed by atoms with Crippen LogP contribution in [0.3, 0.4) is 0 Å². The van der Waals surface area contributed by atoms with Gasteiger partial charge < -0.3 is 0 Å². The fourth-order valence-electron chi connectivity index (χ4n) is 1.15. The number of carbonyl (C=O) groups is 1. The maximum atomic E-state index is 13.2. The Balaban J connectivity index is 2.58. The van der Waals surface area contributed by atoms with E-state index < -0.39 is 11.6 Å². The number of hydrogen-bond donors (Lipinski definition) is 0. The summed E-state index contributed by atoms with van der Waals surface area (Å²) in [6.45, 7) is 0. The minimum atomic E-state index is -0.766. The molecule has 15 heavy (non-hydrogen) atoms. The van der Waals surface area contributed by atoms with Gasteiger partial charge in [-0.25, -0.2) is 13.5 Å². The van der Waals surface area contributed by atoms with E-state index >= 15 is 0 Å². The lowest BCUT2D eigenvalue weighted by Crippen LogP contribution is -2.01. The molecule has 6 heteroatoms. The molecule has 0 radical (unpaired) electrons. The van der Waals surface area contributed by atoms with E-state index in [1.807, 2.05) is 0 Å². The molecule has 4 nitrogen and oxygen atoms in total. The largest absolute Gasteiger partial charge is 0.296 e. The van der Waals surface area contributed by atoms with Crippen LogP contribution in [0.1, 0.15) is 10.5 Å². The molecule has 0 amide bonds. The molecule has 1 aromatic carbocycles. The number of aromatic nitrogens is 3. The van der Waals surface area contributed by atoms with Crippen LogP contribution in [-0.4, -0.2) is 21.3 Å². The molecule has 1 heterocycles. The van der Waals surface area contributed by atoms with Gasteiger partial charge in [-0.1, -0.05) is 11.3 Å². The van der Waals surface area contributed by atoms with Crippen LogP contribution >= 0.6 is 0 Å². The van der Waals surface area contributed by atoms with E-state index in [0.29, 0.717) is 6.29 Å². The summed E-state index contributed by atoms with van der Waals surface area (Å²) in [5, 5.41) is 6.84. The first-order chi connectivity index (χ1) is 7.22. The number of aldehydes is 1. The highest BCUT2D eigenvalue weighted by atomic mass is 19.1. The van der Waals surface area contributed by atoms with Crippen LogP contribution in [0.4, 0.5) is 8.78 Å². The number of rotatable bonds is 2. The van der Waals surface area contributed by atoms with Crippen LogP contribution in [-0.2, 0) is 0 Å². The summed E-state index contributed by atoms with van der Waals surface area (Å²) in [4.78, 5) is 10.3. The Hall–Kier alpha value is -2.11. The van der Waals surface area contributed by atoms with Crippen LogP contribution in [0.25, 0.3) is 5.69 Å². The summed E-state index contributed by atoms with van der Waals surface area (Å²) in [5.74, 6) is -1.53. The van der Waals surface area contributed by atoms with E-state index in [0.717, 1.165) is 23.0 Å². The molecule has 0 fully saturated rings. The average molecular weight is 209 g/mol.